The maximum absolute atomic E-state index is 11.0. The van der Waals surface area contributed by atoms with Crippen molar-refractivity contribution in [3.63, 3.8) is 0 Å². The number of thioether (sulfide) groups is 1. The molecule has 5 heteroatoms. The molecule has 0 atom stereocenters. The number of hydrogen-bond donors (Lipinski definition) is 2. The second kappa shape index (κ2) is 3.99. The van der Waals surface area contributed by atoms with Crippen LogP contribution < -0.4 is 11.5 Å². The van der Waals surface area contributed by atoms with Crippen molar-refractivity contribution in [1.29, 1.82) is 0 Å². The molecular formula is C11H14N2O2S. The van der Waals surface area contributed by atoms with Crippen LogP contribution >= 0.6 is 11.8 Å². The Balaban J connectivity index is 2.36. The first-order chi connectivity index (χ1) is 7.50. The molecule has 0 fully saturated rings. The predicted octanol–water partition coefficient (Wildman–Crippen LogP) is 1.95. The van der Waals surface area contributed by atoms with E-state index in [9.17, 15) is 4.79 Å². The molecule has 0 saturated carbocycles. The highest BCUT2D eigenvalue weighted by molar-refractivity contribution is 8.00. The Bertz CT molecular complexity index is 556. The van der Waals surface area contributed by atoms with Gasteiger partial charge in [-0.25, -0.2) is 4.79 Å². The molecule has 1 aromatic heterocycles. The fourth-order valence-corrected chi connectivity index (χ4v) is 2.39. The van der Waals surface area contributed by atoms with Gasteiger partial charge in [0.1, 0.15) is 0 Å². The Hall–Kier alpha value is -1.20. The van der Waals surface area contributed by atoms with Crippen LogP contribution in [0, 0.1) is 0 Å². The van der Waals surface area contributed by atoms with Crippen molar-refractivity contribution in [2.45, 2.75) is 23.5 Å². The molecule has 0 radical (unpaired) electrons. The molecule has 0 aliphatic carbocycles. The zero-order valence-electron chi connectivity index (χ0n) is 9.24. The van der Waals surface area contributed by atoms with Gasteiger partial charge < -0.3 is 10.2 Å². The number of rotatable bonds is 3. The van der Waals surface area contributed by atoms with E-state index < -0.39 is 5.76 Å². The smallest absolute Gasteiger partial charge is 0.408 e. The van der Waals surface area contributed by atoms with Gasteiger partial charge in [0, 0.05) is 16.2 Å². The van der Waals surface area contributed by atoms with Crippen LogP contribution in [0.2, 0.25) is 0 Å². The molecule has 4 nitrogen and oxygen atoms in total. The molecule has 1 heterocycles. The molecular weight excluding hydrogens is 224 g/mol. The number of aromatic amines is 1. The molecule has 0 aliphatic heterocycles. The number of oxazole rings is 1. The predicted molar refractivity (Wildman–Crippen MR) is 65.8 cm³/mol. The zero-order chi connectivity index (χ0) is 11.8. The number of aromatic nitrogens is 1. The van der Waals surface area contributed by atoms with E-state index in [2.05, 4.69) is 18.8 Å². The van der Waals surface area contributed by atoms with E-state index in [1.807, 2.05) is 12.1 Å². The lowest BCUT2D eigenvalue weighted by atomic mass is 10.2. The van der Waals surface area contributed by atoms with Crippen LogP contribution in [0.25, 0.3) is 11.1 Å². The number of H-pyrrole nitrogens is 1. The second-order valence-electron chi connectivity index (χ2n) is 4.24. The van der Waals surface area contributed by atoms with E-state index in [1.165, 1.54) is 0 Å². The van der Waals surface area contributed by atoms with E-state index in [-0.39, 0.29) is 4.75 Å². The molecule has 2 aromatic rings. The first kappa shape index (κ1) is 11.3. The van der Waals surface area contributed by atoms with Crippen LogP contribution in [-0.4, -0.2) is 16.3 Å². The second-order valence-corrected chi connectivity index (χ2v) is 6.02. The Morgan fingerprint density at radius 2 is 2.25 bits per heavy atom. The fraction of sp³-hybridized carbons (Fsp3) is 0.364. The van der Waals surface area contributed by atoms with Crippen LogP contribution in [0.1, 0.15) is 13.8 Å². The zero-order valence-corrected chi connectivity index (χ0v) is 10.1. The lowest BCUT2D eigenvalue weighted by molar-refractivity contribution is 0.555. The van der Waals surface area contributed by atoms with Gasteiger partial charge in [0.05, 0.1) is 5.52 Å². The molecule has 86 valence electrons. The van der Waals surface area contributed by atoms with Gasteiger partial charge in [-0.05, 0) is 32.0 Å². The van der Waals surface area contributed by atoms with E-state index in [4.69, 9.17) is 10.2 Å². The molecule has 0 aliphatic rings. The van der Waals surface area contributed by atoms with Crippen molar-refractivity contribution in [2.24, 2.45) is 5.73 Å². The molecule has 3 N–H and O–H groups in total. The number of nitrogens with two attached hydrogens (primary N) is 1. The molecule has 0 saturated heterocycles. The highest BCUT2D eigenvalue weighted by Crippen LogP contribution is 2.32. The summed E-state index contributed by atoms with van der Waals surface area (Å²) in [6.45, 7) is 4.76. The van der Waals surface area contributed by atoms with Crippen LogP contribution in [0.4, 0.5) is 0 Å². The third kappa shape index (κ3) is 2.31. The summed E-state index contributed by atoms with van der Waals surface area (Å²) in [5.41, 5.74) is 6.98. The third-order valence-electron chi connectivity index (χ3n) is 2.28. The first-order valence-electron chi connectivity index (χ1n) is 5.02. The fourth-order valence-electron chi connectivity index (χ4n) is 1.36. The Morgan fingerprint density at radius 3 is 2.94 bits per heavy atom. The molecule has 1 aromatic carbocycles. The first-order valence-corrected chi connectivity index (χ1v) is 5.84. The van der Waals surface area contributed by atoms with E-state index in [0.717, 1.165) is 10.4 Å². The summed E-state index contributed by atoms with van der Waals surface area (Å²) in [6, 6.07) is 5.63. The minimum atomic E-state index is -0.421. The van der Waals surface area contributed by atoms with Gasteiger partial charge in [0.2, 0.25) is 0 Å². The van der Waals surface area contributed by atoms with E-state index >= 15 is 0 Å². The largest absolute Gasteiger partial charge is 0.417 e. The maximum Gasteiger partial charge on any atom is 0.417 e. The Labute approximate surface area is 97.2 Å². The molecule has 0 spiro atoms. The van der Waals surface area contributed by atoms with Gasteiger partial charge in [-0.1, -0.05) is 0 Å². The summed E-state index contributed by atoms with van der Waals surface area (Å²) < 4.78 is 4.92. The average Bonchev–Trinajstić information content (AvgIpc) is 2.57. The molecule has 0 bridgehead atoms. The van der Waals surface area contributed by atoms with Crippen LogP contribution in [0.15, 0.2) is 32.3 Å². The van der Waals surface area contributed by atoms with Crippen molar-refractivity contribution >= 4 is 22.9 Å². The van der Waals surface area contributed by atoms with Crippen molar-refractivity contribution in [2.75, 3.05) is 6.54 Å². The molecule has 0 unspecified atom stereocenters. The summed E-state index contributed by atoms with van der Waals surface area (Å²) in [7, 11) is 0. The summed E-state index contributed by atoms with van der Waals surface area (Å²) >= 11 is 1.68. The summed E-state index contributed by atoms with van der Waals surface area (Å²) in [4.78, 5) is 14.7. The average molecular weight is 238 g/mol. The monoisotopic (exact) mass is 238 g/mol. The lowest BCUT2D eigenvalue weighted by Crippen LogP contribution is -2.26. The topological polar surface area (TPSA) is 72.0 Å². The van der Waals surface area contributed by atoms with Gasteiger partial charge in [0.15, 0.2) is 5.58 Å². The normalized spacial score (nSPS) is 12.2. The summed E-state index contributed by atoms with van der Waals surface area (Å²) in [5, 5.41) is 0. The third-order valence-corrected chi connectivity index (χ3v) is 3.49. The SMILES string of the molecule is CC(C)(CN)Sc1ccc2oc(=O)[nH]c2c1. The Morgan fingerprint density at radius 1 is 1.50 bits per heavy atom. The number of fused-ring (bicyclic) bond motifs is 1. The standard InChI is InChI=1S/C11H14N2O2S/c1-11(2,6-12)16-7-3-4-9-8(5-7)13-10(14)15-9/h3-5H,6,12H2,1-2H3,(H,13,14). The van der Waals surface area contributed by atoms with E-state index in [1.54, 1.807) is 17.8 Å². The highest BCUT2D eigenvalue weighted by Gasteiger charge is 2.17. The van der Waals surface area contributed by atoms with Gasteiger partial charge in [-0.15, -0.1) is 11.8 Å². The minimum absolute atomic E-state index is 0.0162. The number of benzene rings is 1. The number of nitrogens with one attached hydrogen (secondary N) is 1. The summed E-state index contributed by atoms with van der Waals surface area (Å²) in [5.74, 6) is -0.421. The Kier molecular flexibility index (Phi) is 2.82. The van der Waals surface area contributed by atoms with E-state index in [0.29, 0.717) is 12.1 Å². The number of hydrogen-bond acceptors (Lipinski definition) is 4. The van der Waals surface area contributed by atoms with Gasteiger partial charge >= 0.3 is 5.76 Å². The van der Waals surface area contributed by atoms with Crippen LogP contribution in [-0.2, 0) is 0 Å². The van der Waals surface area contributed by atoms with Crippen molar-refractivity contribution < 1.29 is 4.42 Å². The summed E-state index contributed by atoms with van der Waals surface area (Å²) in [6.07, 6.45) is 0. The van der Waals surface area contributed by atoms with Crippen LogP contribution in [0.5, 0.6) is 0 Å². The van der Waals surface area contributed by atoms with Gasteiger partial charge in [0.25, 0.3) is 0 Å². The van der Waals surface area contributed by atoms with Gasteiger partial charge in [-0.3, -0.25) is 4.98 Å². The van der Waals surface area contributed by atoms with Crippen LogP contribution in [0.3, 0.4) is 0 Å². The maximum atomic E-state index is 11.0. The van der Waals surface area contributed by atoms with Crippen molar-refractivity contribution in [1.82, 2.24) is 4.98 Å². The van der Waals surface area contributed by atoms with Crippen molar-refractivity contribution in [3.8, 4) is 0 Å². The van der Waals surface area contributed by atoms with Gasteiger partial charge in [-0.2, -0.15) is 0 Å². The molecule has 16 heavy (non-hydrogen) atoms. The van der Waals surface area contributed by atoms with Crippen molar-refractivity contribution in [3.05, 3.63) is 28.7 Å². The quantitative estimate of drug-likeness (QED) is 0.802. The lowest BCUT2D eigenvalue weighted by Gasteiger charge is -2.21. The molecule has 2 rings (SSSR count). The molecule has 0 amide bonds. The highest BCUT2D eigenvalue weighted by atomic mass is 32.2. The minimum Gasteiger partial charge on any atom is -0.408 e.